The SMILES string of the molecule is CCOc1ccc(CCNC(=O)CCS)cc1OCC. The van der Waals surface area contributed by atoms with Gasteiger partial charge in [-0.3, -0.25) is 4.79 Å². The molecule has 1 N–H and O–H groups in total. The minimum Gasteiger partial charge on any atom is -0.490 e. The van der Waals surface area contributed by atoms with Gasteiger partial charge in [0.1, 0.15) is 0 Å². The molecule has 0 fully saturated rings. The van der Waals surface area contributed by atoms with E-state index in [0.717, 1.165) is 23.5 Å². The van der Waals surface area contributed by atoms with Crippen LogP contribution in [0.2, 0.25) is 0 Å². The van der Waals surface area contributed by atoms with Gasteiger partial charge in [-0.1, -0.05) is 6.07 Å². The second kappa shape index (κ2) is 9.53. The molecule has 0 atom stereocenters. The highest BCUT2D eigenvalue weighted by Gasteiger charge is 2.06. The number of thiol groups is 1. The molecule has 0 spiro atoms. The summed E-state index contributed by atoms with van der Waals surface area (Å²) in [5.74, 6) is 2.13. The highest BCUT2D eigenvalue weighted by molar-refractivity contribution is 7.80. The Bertz CT molecular complexity index is 424. The van der Waals surface area contributed by atoms with Crippen LogP contribution >= 0.6 is 12.6 Å². The van der Waals surface area contributed by atoms with E-state index in [1.54, 1.807) is 0 Å². The number of carbonyl (C=O) groups excluding carboxylic acids is 1. The summed E-state index contributed by atoms with van der Waals surface area (Å²) in [6.45, 7) is 5.72. The minimum absolute atomic E-state index is 0.0379. The number of hydrogen-bond acceptors (Lipinski definition) is 4. The second-order valence-corrected chi connectivity index (χ2v) is 4.67. The smallest absolute Gasteiger partial charge is 0.220 e. The van der Waals surface area contributed by atoms with Gasteiger partial charge in [-0.05, 0) is 43.7 Å². The quantitative estimate of drug-likeness (QED) is 0.688. The molecule has 4 nitrogen and oxygen atoms in total. The first-order valence-corrected chi connectivity index (χ1v) is 7.60. The zero-order valence-electron chi connectivity index (χ0n) is 12.1. The Morgan fingerprint density at radius 2 is 1.90 bits per heavy atom. The number of rotatable bonds is 9. The first kappa shape index (κ1) is 16.7. The van der Waals surface area contributed by atoms with E-state index < -0.39 is 0 Å². The van der Waals surface area contributed by atoms with Crippen LogP contribution in [0.3, 0.4) is 0 Å². The van der Waals surface area contributed by atoms with Crippen LogP contribution in [0.25, 0.3) is 0 Å². The topological polar surface area (TPSA) is 47.6 Å². The molecular weight excluding hydrogens is 274 g/mol. The van der Waals surface area contributed by atoms with E-state index in [2.05, 4.69) is 17.9 Å². The van der Waals surface area contributed by atoms with E-state index >= 15 is 0 Å². The van der Waals surface area contributed by atoms with Crippen molar-refractivity contribution >= 4 is 18.5 Å². The van der Waals surface area contributed by atoms with Gasteiger partial charge in [0.05, 0.1) is 13.2 Å². The number of amides is 1. The van der Waals surface area contributed by atoms with Gasteiger partial charge in [-0.15, -0.1) is 0 Å². The van der Waals surface area contributed by atoms with Gasteiger partial charge in [0, 0.05) is 13.0 Å². The van der Waals surface area contributed by atoms with Gasteiger partial charge < -0.3 is 14.8 Å². The fourth-order valence-corrected chi connectivity index (χ4v) is 1.99. The van der Waals surface area contributed by atoms with E-state index in [4.69, 9.17) is 9.47 Å². The Hall–Kier alpha value is -1.36. The molecule has 0 bridgehead atoms. The molecule has 0 unspecified atom stereocenters. The van der Waals surface area contributed by atoms with Crippen molar-refractivity contribution < 1.29 is 14.3 Å². The van der Waals surface area contributed by atoms with Crippen molar-refractivity contribution in [2.75, 3.05) is 25.5 Å². The number of benzene rings is 1. The van der Waals surface area contributed by atoms with Crippen LogP contribution in [0.15, 0.2) is 18.2 Å². The highest BCUT2D eigenvalue weighted by Crippen LogP contribution is 2.28. The molecule has 0 saturated carbocycles. The normalized spacial score (nSPS) is 10.2. The van der Waals surface area contributed by atoms with E-state index in [-0.39, 0.29) is 5.91 Å². The van der Waals surface area contributed by atoms with Crippen LogP contribution < -0.4 is 14.8 Å². The van der Waals surface area contributed by atoms with Crippen molar-refractivity contribution in [2.45, 2.75) is 26.7 Å². The van der Waals surface area contributed by atoms with Crippen LogP contribution in [0.1, 0.15) is 25.8 Å². The van der Waals surface area contributed by atoms with Crippen LogP contribution in [0, 0.1) is 0 Å². The second-order valence-electron chi connectivity index (χ2n) is 4.22. The van der Waals surface area contributed by atoms with Gasteiger partial charge >= 0.3 is 0 Å². The fourth-order valence-electron chi connectivity index (χ4n) is 1.79. The lowest BCUT2D eigenvalue weighted by Crippen LogP contribution is -2.25. The van der Waals surface area contributed by atoms with Crippen LogP contribution in [0.5, 0.6) is 11.5 Å². The fraction of sp³-hybridized carbons (Fsp3) is 0.533. The molecular formula is C15H23NO3S. The average molecular weight is 297 g/mol. The number of ether oxygens (including phenoxy) is 2. The van der Waals surface area contributed by atoms with Crippen LogP contribution in [-0.4, -0.2) is 31.4 Å². The van der Waals surface area contributed by atoms with Gasteiger partial charge in [0.25, 0.3) is 0 Å². The highest BCUT2D eigenvalue weighted by atomic mass is 32.1. The summed E-state index contributed by atoms with van der Waals surface area (Å²) in [5.41, 5.74) is 1.11. The zero-order chi connectivity index (χ0) is 14.8. The molecule has 0 aromatic heterocycles. The Balaban J connectivity index is 2.57. The van der Waals surface area contributed by atoms with E-state index in [0.29, 0.717) is 31.9 Å². The summed E-state index contributed by atoms with van der Waals surface area (Å²) in [6.07, 6.45) is 1.22. The Morgan fingerprint density at radius 1 is 1.20 bits per heavy atom. The predicted molar refractivity (Wildman–Crippen MR) is 84.0 cm³/mol. The third-order valence-electron chi connectivity index (χ3n) is 2.68. The van der Waals surface area contributed by atoms with Crippen molar-refractivity contribution in [3.05, 3.63) is 23.8 Å². The van der Waals surface area contributed by atoms with Gasteiger partial charge in [0.2, 0.25) is 5.91 Å². The van der Waals surface area contributed by atoms with Crippen LogP contribution in [0.4, 0.5) is 0 Å². The van der Waals surface area contributed by atoms with E-state index in [1.165, 1.54) is 0 Å². The lowest BCUT2D eigenvalue weighted by atomic mass is 10.1. The summed E-state index contributed by atoms with van der Waals surface area (Å²) in [7, 11) is 0. The first-order valence-electron chi connectivity index (χ1n) is 6.97. The molecule has 0 heterocycles. The molecule has 20 heavy (non-hydrogen) atoms. The molecule has 0 aliphatic carbocycles. The largest absolute Gasteiger partial charge is 0.490 e. The number of hydrogen-bond donors (Lipinski definition) is 2. The summed E-state index contributed by atoms with van der Waals surface area (Å²) >= 11 is 4.03. The van der Waals surface area contributed by atoms with Crippen molar-refractivity contribution in [2.24, 2.45) is 0 Å². The zero-order valence-corrected chi connectivity index (χ0v) is 13.0. The molecule has 1 aromatic carbocycles. The molecule has 1 amide bonds. The lowest BCUT2D eigenvalue weighted by molar-refractivity contribution is -0.120. The minimum atomic E-state index is 0.0379. The Kier molecular flexibility index (Phi) is 7.95. The summed E-state index contributed by atoms with van der Waals surface area (Å²) < 4.78 is 11.1. The average Bonchev–Trinajstić information content (AvgIpc) is 2.42. The Labute approximate surface area is 126 Å². The third kappa shape index (κ3) is 5.74. The van der Waals surface area contributed by atoms with Gasteiger partial charge in [-0.25, -0.2) is 0 Å². The van der Waals surface area contributed by atoms with Crippen LogP contribution in [-0.2, 0) is 11.2 Å². The van der Waals surface area contributed by atoms with Crippen molar-refractivity contribution in [3.8, 4) is 11.5 Å². The predicted octanol–water partition coefficient (Wildman–Crippen LogP) is 2.46. The maximum atomic E-state index is 11.3. The third-order valence-corrected chi connectivity index (χ3v) is 2.91. The maximum absolute atomic E-state index is 11.3. The summed E-state index contributed by atoms with van der Waals surface area (Å²) in [5, 5.41) is 2.86. The molecule has 0 aliphatic heterocycles. The van der Waals surface area contributed by atoms with E-state index in [9.17, 15) is 4.79 Å². The van der Waals surface area contributed by atoms with E-state index in [1.807, 2.05) is 32.0 Å². The van der Waals surface area contributed by atoms with Gasteiger partial charge in [0.15, 0.2) is 11.5 Å². The van der Waals surface area contributed by atoms with Crippen molar-refractivity contribution in [1.82, 2.24) is 5.32 Å². The molecule has 112 valence electrons. The molecule has 0 radical (unpaired) electrons. The van der Waals surface area contributed by atoms with Crippen molar-refractivity contribution in [3.63, 3.8) is 0 Å². The molecule has 1 aromatic rings. The molecule has 0 aliphatic rings. The monoisotopic (exact) mass is 297 g/mol. The summed E-state index contributed by atoms with van der Waals surface area (Å²) in [4.78, 5) is 11.3. The maximum Gasteiger partial charge on any atom is 0.220 e. The molecule has 5 heteroatoms. The summed E-state index contributed by atoms with van der Waals surface area (Å²) in [6, 6.07) is 5.89. The standard InChI is InChI=1S/C15H23NO3S/c1-3-18-13-6-5-12(11-14(13)19-4-2)7-9-16-15(17)8-10-20/h5-6,11,20H,3-4,7-10H2,1-2H3,(H,16,17). The van der Waals surface area contributed by atoms with Gasteiger partial charge in [-0.2, -0.15) is 12.6 Å². The Morgan fingerprint density at radius 3 is 2.55 bits per heavy atom. The number of nitrogens with one attached hydrogen (secondary N) is 1. The molecule has 0 saturated heterocycles. The van der Waals surface area contributed by atoms with Crippen molar-refractivity contribution in [1.29, 1.82) is 0 Å². The molecule has 1 rings (SSSR count). The first-order chi connectivity index (χ1) is 9.71. The lowest BCUT2D eigenvalue weighted by Gasteiger charge is -2.12. The number of carbonyl (C=O) groups is 1.